The van der Waals surface area contributed by atoms with Gasteiger partial charge in [0.2, 0.25) is 0 Å². The molecule has 1 atom stereocenters. The van der Waals surface area contributed by atoms with Crippen molar-refractivity contribution in [3.8, 4) is 0 Å². The average molecular weight is 180 g/mol. The smallest absolute Gasteiger partial charge is 0.130 e. The second-order valence-corrected chi connectivity index (χ2v) is 3.26. The summed E-state index contributed by atoms with van der Waals surface area (Å²) in [5, 5.41) is 12.3. The van der Waals surface area contributed by atoms with E-state index >= 15 is 0 Å². The fourth-order valence-corrected chi connectivity index (χ4v) is 1.33. The third kappa shape index (κ3) is 1.99. The summed E-state index contributed by atoms with van der Waals surface area (Å²) in [5.74, 6) is 0. The van der Waals surface area contributed by atoms with Gasteiger partial charge >= 0.3 is 0 Å². The molecule has 0 aliphatic rings. The van der Waals surface area contributed by atoms with Crippen LogP contribution in [-0.2, 0) is 0 Å². The lowest BCUT2D eigenvalue weighted by Crippen LogP contribution is -2.15. The first-order valence-corrected chi connectivity index (χ1v) is 4.28. The first kappa shape index (κ1) is 10.0. The Morgan fingerprint density at radius 3 is 2.15 bits per heavy atom. The first-order chi connectivity index (χ1) is 6.06. The Labute approximate surface area is 78.6 Å². The van der Waals surface area contributed by atoms with Crippen LogP contribution in [0.15, 0.2) is 12.1 Å². The summed E-state index contributed by atoms with van der Waals surface area (Å²) >= 11 is 0. The molecule has 3 heteroatoms. The van der Waals surface area contributed by atoms with Crippen LogP contribution < -0.4 is 11.1 Å². The van der Waals surface area contributed by atoms with Crippen molar-refractivity contribution in [1.29, 1.82) is 0 Å². The van der Waals surface area contributed by atoms with Gasteiger partial charge in [-0.2, -0.15) is 0 Å². The van der Waals surface area contributed by atoms with Gasteiger partial charge in [0.1, 0.15) is 6.23 Å². The number of aryl methyl sites for hydroxylation is 2. The fraction of sp³-hybridized carbons (Fsp3) is 0.400. The molecule has 13 heavy (non-hydrogen) atoms. The molecule has 3 nitrogen and oxygen atoms in total. The van der Waals surface area contributed by atoms with Crippen LogP contribution in [0.25, 0.3) is 0 Å². The molecule has 0 saturated heterocycles. The monoisotopic (exact) mass is 180 g/mol. The minimum absolute atomic E-state index is 0.613. The van der Waals surface area contributed by atoms with E-state index in [1.807, 2.05) is 26.0 Å². The molecule has 1 aromatic carbocycles. The van der Waals surface area contributed by atoms with Crippen molar-refractivity contribution in [1.82, 2.24) is 5.32 Å². The van der Waals surface area contributed by atoms with Crippen LogP contribution >= 0.6 is 0 Å². The highest BCUT2D eigenvalue weighted by molar-refractivity contribution is 5.54. The highest BCUT2D eigenvalue weighted by atomic mass is 16.3. The van der Waals surface area contributed by atoms with Gasteiger partial charge in [0, 0.05) is 5.69 Å². The number of aliphatic hydroxyl groups is 1. The molecule has 0 saturated carbocycles. The van der Waals surface area contributed by atoms with Gasteiger partial charge in [-0.15, -0.1) is 0 Å². The SMILES string of the molecule is CNC(O)c1cc(C)c(N)c(C)c1. The van der Waals surface area contributed by atoms with Gasteiger partial charge in [0.05, 0.1) is 0 Å². The van der Waals surface area contributed by atoms with Crippen LogP contribution in [0, 0.1) is 13.8 Å². The third-order valence-corrected chi connectivity index (χ3v) is 2.21. The van der Waals surface area contributed by atoms with Gasteiger partial charge in [-0.1, -0.05) is 12.1 Å². The molecule has 1 unspecified atom stereocenters. The zero-order valence-electron chi connectivity index (χ0n) is 8.26. The topological polar surface area (TPSA) is 58.3 Å². The van der Waals surface area contributed by atoms with Crippen molar-refractivity contribution >= 4 is 5.69 Å². The van der Waals surface area contributed by atoms with Crippen molar-refractivity contribution < 1.29 is 5.11 Å². The Kier molecular flexibility index (Phi) is 2.90. The molecule has 0 heterocycles. The molecule has 1 aromatic rings. The normalized spacial score (nSPS) is 12.9. The molecule has 0 bridgehead atoms. The van der Waals surface area contributed by atoms with E-state index in [9.17, 15) is 5.11 Å². The summed E-state index contributed by atoms with van der Waals surface area (Å²) in [6.45, 7) is 3.88. The molecule has 0 radical (unpaired) electrons. The molecule has 1 rings (SSSR count). The number of anilines is 1. The molecular weight excluding hydrogens is 164 g/mol. The van der Waals surface area contributed by atoms with Crippen molar-refractivity contribution in [3.05, 3.63) is 28.8 Å². The van der Waals surface area contributed by atoms with Crippen molar-refractivity contribution in [2.75, 3.05) is 12.8 Å². The zero-order valence-corrected chi connectivity index (χ0v) is 8.26. The third-order valence-electron chi connectivity index (χ3n) is 2.21. The van der Waals surface area contributed by atoms with Crippen LogP contribution in [0.4, 0.5) is 5.69 Å². The van der Waals surface area contributed by atoms with Crippen molar-refractivity contribution in [2.24, 2.45) is 0 Å². The first-order valence-electron chi connectivity index (χ1n) is 4.28. The summed E-state index contributed by atoms with van der Waals surface area (Å²) < 4.78 is 0. The molecule has 0 amide bonds. The van der Waals surface area contributed by atoms with Crippen LogP contribution in [0.2, 0.25) is 0 Å². The van der Waals surface area contributed by atoms with E-state index in [1.165, 1.54) is 0 Å². The lowest BCUT2D eigenvalue weighted by atomic mass is 10.0. The second-order valence-electron chi connectivity index (χ2n) is 3.26. The van der Waals surface area contributed by atoms with Gasteiger partial charge in [-0.05, 0) is 37.6 Å². The number of hydrogen-bond donors (Lipinski definition) is 3. The summed E-state index contributed by atoms with van der Waals surface area (Å²) in [6.07, 6.45) is -0.613. The van der Waals surface area contributed by atoms with Gasteiger partial charge in [0.15, 0.2) is 0 Å². The number of nitrogens with one attached hydrogen (secondary N) is 1. The molecular formula is C10H16N2O. The minimum Gasteiger partial charge on any atom is -0.398 e. The van der Waals surface area contributed by atoms with E-state index in [2.05, 4.69) is 5.32 Å². The fourth-order valence-electron chi connectivity index (χ4n) is 1.33. The van der Waals surface area contributed by atoms with Crippen LogP contribution in [-0.4, -0.2) is 12.2 Å². The Hall–Kier alpha value is -1.06. The number of nitrogens with two attached hydrogens (primary N) is 1. The number of rotatable bonds is 2. The summed E-state index contributed by atoms with van der Waals surface area (Å²) in [5.41, 5.74) is 9.45. The predicted molar refractivity (Wildman–Crippen MR) is 54.3 cm³/mol. The molecule has 0 aliphatic carbocycles. The predicted octanol–water partition coefficient (Wildman–Crippen LogP) is 1.10. The van der Waals surface area contributed by atoms with E-state index in [4.69, 9.17) is 5.73 Å². The molecule has 0 spiro atoms. The molecule has 0 aromatic heterocycles. The van der Waals surface area contributed by atoms with E-state index < -0.39 is 6.23 Å². The average Bonchev–Trinajstić information content (AvgIpc) is 2.12. The zero-order chi connectivity index (χ0) is 10.0. The van der Waals surface area contributed by atoms with E-state index in [-0.39, 0.29) is 0 Å². The maximum absolute atomic E-state index is 9.52. The number of hydrogen-bond acceptors (Lipinski definition) is 3. The van der Waals surface area contributed by atoms with Gasteiger partial charge in [-0.3, -0.25) is 5.32 Å². The summed E-state index contributed by atoms with van der Waals surface area (Å²) in [6, 6.07) is 3.78. The molecule has 72 valence electrons. The quantitative estimate of drug-likeness (QED) is 0.472. The van der Waals surface area contributed by atoms with Gasteiger partial charge < -0.3 is 10.8 Å². The van der Waals surface area contributed by atoms with Gasteiger partial charge in [-0.25, -0.2) is 0 Å². The number of aliphatic hydroxyl groups excluding tert-OH is 1. The lowest BCUT2D eigenvalue weighted by molar-refractivity contribution is 0.149. The Balaban J connectivity index is 3.13. The maximum atomic E-state index is 9.52. The molecule has 0 aliphatic heterocycles. The lowest BCUT2D eigenvalue weighted by Gasteiger charge is -2.13. The van der Waals surface area contributed by atoms with Crippen LogP contribution in [0.1, 0.15) is 22.9 Å². The highest BCUT2D eigenvalue weighted by Gasteiger charge is 2.07. The Morgan fingerprint density at radius 2 is 1.77 bits per heavy atom. The van der Waals surface area contributed by atoms with Crippen LogP contribution in [0.5, 0.6) is 0 Å². The van der Waals surface area contributed by atoms with E-state index in [0.717, 1.165) is 22.4 Å². The molecule has 0 fully saturated rings. The Bertz CT molecular complexity index is 287. The largest absolute Gasteiger partial charge is 0.398 e. The Morgan fingerprint density at radius 1 is 1.31 bits per heavy atom. The van der Waals surface area contributed by atoms with Crippen LogP contribution in [0.3, 0.4) is 0 Å². The van der Waals surface area contributed by atoms with Crippen molar-refractivity contribution in [3.63, 3.8) is 0 Å². The molecule has 4 N–H and O–H groups in total. The maximum Gasteiger partial charge on any atom is 0.130 e. The van der Waals surface area contributed by atoms with Crippen molar-refractivity contribution in [2.45, 2.75) is 20.1 Å². The number of benzene rings is 1. The minimum atomic E-state index is -0.613. The summed E-state index contributed by atoms with van der Waals surface area (Å²) in [7, 11) is 1.71. The second kappa shape index (κ2) is 3.77. The summed E-state index contributed by atoms with van der Waals surface area (Å²) in [4.78, 5) is 0. The highest BCUT2D eigenvalue weighted by Crippen LogP contribution is 2.21. The van der Waals surface area contributed by atoms with E-state index in [1.54, 1.807) is 7.05 Å². The van der Waals surface area contributed by atoms with E-state index in [0.29, 0.717) is 0 Å². The number of nitrogen functional groups attached to an aromatic ring is 1. The standard InChI is InChI=1S/C10H16N2O/c1-6-4-8(10(13)12-3)5-7(2)9(6)11/h4-5,10,12-13H,11H2,1-3H3. The van der Waals surface area contributed by atoms with Gasteiger partial charge in [0.25, 0.3) is 0 Å².